The molecular weight excluding hydrogens is 224 g/mol. The Hall–Kier alpha value is -1.62. The van der Waals surface area contributed by atoms with Gasteiger partial charge in [-0.2, -0.15) is 0 Å². The van der Waals surface area contributed by atoms with Gasteiger partial charge in [-0.05, 0) is 42.9 Å². The summed E-state index contributed by atoms with van der Waals surface area (Å²) in [6, 6.07) is 7.55. The Kier molecular flexibility index (Phi) is 3.36. The molecule has 0 saturated heterocycles. The van der Waals surface area contributed by atoms with E-state index in [1.807, 2.05) is 24.3 Å². The van der Waals surface area contributed by atoms with Gasteiger partial charge >= 0.3 is 0 Å². The first-order chi connectivity index (χ1) is 7.79. The van der Waals surface area contributed by atoms with Crippen LogP contribution in [0.1, 0.15) is 13.3 Å². The molecule has 0 aliphatic carbocycles. The van der Waals surface area contributed by atoms with Gasteiger partial charge in [-0.15, -0.1) is 5.10 Å². The first-order valence-electron chi connectivity index (χ1n) is 5.08. The molecule has 0 aliphatic heterocycles. The summed E-state index contributed by atoms with van der Waals surface area (Å²) in [6.45, 7) is 2.80. The molecule has 4 nitrogen and oxygen atoms in total. The Morgan fingerprint density at radius 2 is 2.12 bits per heavy atom. The van der Waals surface area contributed by atoms with E-state index in [0.717, 1.165) is 24.3 Å². The van der Waals surface area contributed by atoms with Crippen molar-refractivity contribution >= 4 is 12.2 Å². The van der Waals surface area contributed by atoms with Crippen LogP contribution in [0.15, 0.2) is 28.7 Å². The number of hydrogen-bond donors (Lipinski definition) is 1. The molecule has 0 amide bonds. The first-order valence-corrected chi connectivity index (χ1v) is 5.49. The summed E-state index contributed by atoms with van der Waals surface area (Å²) >= 11 is 4.81. The highest BCUT2D eigenvalue weighted by molar-refractivity contribution is 7.71. The maximum absolute atomic E-state index is 5.47. The van der Waals surface area contributed by atoms with E-state index >= 15 is 0 Å². The number of H-pyrrole nitrogens is 1. The van der Waals surface area contributed by atoms with E-state index in [2.05, 4.69) is 17.1 Å². The average molecular weight is 236 g/mol. The van der Waals surface area contributed by atoms with E-state index in [-0.39, 0.29) is 4.84 Å². The standard InChI is InChI=1S/C11H12N2O2S/c1-2-7-14-9-5-3-8(4-6-9)10-12-13-11(16)15-10/h3-6H,2,7H2,1H3,(H,13,16). The van der Waals surface area contributed by atoms with Crippen molar-refractivity contribution in [2.45, 2.75) is 13.3 Å². The highest BCUT2D eigenvalue weighted by atomic mass is 32.1. The first kappa shape index (κ1) is 10.9. The quantitative estimate of drug-likeness (QED) is 0.828. The predicted molar refractivity (Wildman–Crippen MR) is 62.9 cm³/mol. The number of aromatic nitrogens is 2. The van der Waals surface area contributed by atoms with E-state index in [1.54, 1.807) is 0 Å². The van der Waals surface area contributed by atoms with Gasteiger partial charge in [0.25, 0.3) is 4.84 Å². The molecule has 0 unspecified atom stereocenters. The molecule has 0 radical (unpaired) electrons. The lowest BCUT2D eigenvalue weighted by Crippen LogP contribution is -1.94. The number of rotatable bonds is 4. The van der Waals surface area contributed by atoms with Gasteiger partial charge in [0.05, 0.1) is 6.61 Å². The topological polar surface area (TPSA) is 51.0 Å². The van der Waals surface area contributed by atoms with Gasteiger partial charge in [-0.1, -0.05) is 6.92 Å². The molecule has 1 N–H and O–H groups in total. The number of aromatic amines is 1. The molecule has 2 rings (SSSR count). The van der Waals surface area contributed by atoms with Crippen molar-refractivity contribution in [2.75, 3.05) is 6.61 Å². The summed E-state index contributed by atoms with van der Waals surface area (Å²) in [7, 11) is 0. The molecule has 0 spiro atoms. The van der Waals surface area contributed by atoms with Crippen LogP contribution in [0.4, 0.5) is 0 Å². The van der Waals surface area contributed by atoms with Gasteiger partial charge in [0, 0.05) is 5.56 Å². The fourth-order valence-corrected chi connectivity index (χ4v) is 1.39. The molecule has 1 heterocycles. The molecule has 0 aliphatic rings. The lowest BCUT2D eigenvalue weighted by atomic mass is 10.2. The number of ether oxygens (including phenoxy) is 1. The van der Waals surface area contributed by atoms with Gasteiger partial charge in [-0.3, -0.25) is 0 Å². The second kappa shape index (κ2) is 4.94. The maximum atomic E-state index is 5.47. The molecule has 2 aromatic rings. The zero-order chi connectivity index (χ0) is 11.4. The molecule has 84 valence electrons. The highest BCUT2D eigenvalue weighted by Crippen LogP contribution is 2.20. The Morgan fingerprint density at radius 3 is 2.69 bits per heavy atom. The molecule has 1 aromatic carbocycles. The molecule has 0 bridgehead atoms. The minimum absolute atomic E-state index is 0.279. The van der Waals surface area contributed by atoms with Crippen molar-refractivity contribution < 1.29 is 9.15 Å². The molecular formula is C11H12N2O2S. The van der Waals surface area contributed by atoms with E-state index in [9.17, 15) is 0 Å². The van der Waals surface area contributed by atoms with Crippen molar-refractivity contribution in [3.05, 3.63) is 29.1 Å². The summed E-state index contributed by atoms with van der Waals surface area (Å²) in [6.07, 6.45) is 0.996. The van der Waals surface area contributed by atoms with E-state index in [0.29, 0.717) is 5.89 Å². The highest BCUT2D eigenvalue weighted by Gasteiger charge is 2.03. The van der Waals surface area contributed by atoms with Crippen LogP contribution in [-0.2, 0) is 0 Å². The third kappa shape index (κ3) is 2.49. The maximum Gasteiger partial charge on any atom is 0.284 e. The average Bonchev–Trinajstić information content (AvgIpc) is 2.74. The second-order valence-corrected chi connectivity index (χ2v) is 3.66. The largest absolute Gasteiger partial charge is 0.494 e. The van der Waals surface area contributed by atoms with Crippen LogP contribution < -0.4 is 4.74 Å². The number of nitrogens with one attached hydrogen (secondary N) is 1. The normalized spacial score (nSPS) is 10.3. The zero-order valence-electron chi connectivity index (χ0n) is 8.90. The third-order valence-electron chi connectivity index (χ3n) is 2.01. The van der Waals surface area contributed by atoms with E-state index in [1.165, 1.54) is 0 Å². The van der Waals surface area contributed by atoms with Crippen LogP contribution in [0, 0.1) is 4.84 Å². The van der Waals surface area contributed by atoms with Gasteiger partial charge in [0.1, 0.15) is 5.75 Å². The van der Waals surface area contributed by atoms with Gasteiger partial charge < -0.3 is 9.15 Å². The van der Waals surface area contributed by atoms with Crippen LogP contribution in [0.3, 0.4) is 0 Å². The lowest BCUT2D eigenvalue weighted by Gasteiger charge is -2.03. The molecule has 0 fully saturated rings. The Morgan fingerprint density at radius 1 is 1.38 bits per heavy atom. The van der Waals surface area contributed by atoms with Crippen LogP contribution >= 0.6 is 12.2 Å². The second-order valence-electron chi connectivity index (χ2n) is 3.29. The van der Waals surface area contributed by atoms with E-state index in [4.69, 9.17) is 21.4 Å². The molecule has 1 aromatic heterocycles. The zero-order valence-corrected chi connectivity index (χ0v) is 9.71. The molecule has 0 saturated carbocycles. The number of benzene rings is 1. The lowest BCUT2D eigenvalue weighted by molar-refractivity contribution is 0.317. The molecule has 5 heteroatoms. The minimum atomic E-state index is 0.279. The third-order valence-corrected chi connectivity index (χ3v) is 2.19. The van der Waals surface area contributed by atoms with Crippen molar-refractivity contribution in [2.24, 2.45) is 0 Å². The van der Waals surface area contributed by atoms with Crippen LogP contribution in [-0.4, -0.2) is 16.8 Å². The van der Waals surface area contributed by atoms with Gasteiger partial charge in [-0.25, -0.2) is 5.10 Å². The van der Waals surface area contributed by atoms with Crippen LogP contribution in [0.25, 0.3) is 11.5 Å². The van der Waals surface area contributed by atoms with Gasteiger partial charge in [0.15, 0.2) is 0 Å². The fourth-order valence-electron chi connectivity index (χ4n) is 1.27. The summed E-state index contributed by atoms with van der Waals surface area (Å²) in [5, 5.41) is 6.52. The smallest absolute Gasteiger partial charge is 0.284 e. The minimum Gasteiger partial charge on any atom is -0.494 e. The van der Waals surface area contributed by atoms with E-state index < -0.39 is 0 Å². The molecule has 16 heavy (non-hydrogen) atoms. The summed E-state index contributed by atoms with van der Waals surface area (Å²) in [5.41, 5.74) is 0.871. The summed E-state index contributed by atoms with van der Waals surface area (Å²) < 4.78 is 10.7. The molecule has 0 atom stereocenters. The van der Waals surface area contributed by atoms with Crippen molar-refractivity contribution in [3.8, 4) is 17.2 Å². The van der Waals surface area contributed by atoms with Crippen LogP contribution in [0.5, 0.6) is 5.75 Å². The van der Waals surface area contributed by atoms with Crippen LogP contribution in [0.2, 0.25) is 0 Å². The summed E-state index contributed by atoms with van der Waals surface area (Å²) in [4.78, 5) is 0.279. The summed E-state index contributed by atoms with van der Waals surface area (Å²) in [5.74, 6) is 1.34. The van der Waals surface area contributed by atoms with Crippen molar-refractivity contribution in [1.82, 2.24) is 10.2 Å². The fraction of sp³-hybridized carbons (Fsp3) is 0.273. The monoisotopic (exact) mass is 236 g/mol. The van der Waals surface area contributed by atoms with Crippen molar-refractivity contribution in [3.63, 3.8) is 0 Å². The Labute approximate surface area is 98.3 Å². The number of hydrogen-bond acceptors (Lipinski definition) is 4. The van der Waals surface area contributed by atoms with Crippen molar-refractivity contribution in [1.29, 1.82) is 0 Å². The Bertz CT molecular complexity index is 501. The number of nitrogens with zero attached hydrogens (tertiary/aromatic N) is 1. The van der Waals surface area contributed by atoms with Gasteiger partial charge in [0.2, 0.25) is 5.89 Å². The SMILES string of the molecule is CCCOc1ccc(-c2n[nH]c(=S)o2)cc1. The predicted octanol–water partition coefficient (Wildman–Crippen LogP) is 3.19. The Balaban J connectivity index is 2.16.